The van der Waals surface area contributed by atoms with Crippen LogP contribution in [-0.2, 0) is 0 Å². The molecule has 0 saturated carbocycles. The average molecular weight is 525 g/mol. The first-order chi connectivity index (χ1) is 20.2. The zero-order valence-electron chi connectivity index (χ0n) is 22.9. The Morgan fingerprint density at radius 1 is 0.463 bits per heavy atom. The Morgan fingerprint density at radius 3 is 1.63 bits per heavy atom. The van der Waals surface area contributed by atoms with Gasteiger partial charge in [0.1, 0.15) is 0 Å². The second-order valence-corrected chi connectivity index (χ2v) is 10.8. The zero-order chi connectivity index (χ0) is 27.5. The predicted octanol–water partition coefficient (Wildman–Crippen LogP) is 10.5. The van der Waals surface area contributed by atoms with E-state index >= 15 is 0 Å². The third-order valence-electron chi connectivity index (χ3n) is 8.36. The maximum absolute atomic E-state index is 3.91. The topological polar surface area (TPSA) is 9.86 Å². The smallest absolute Gasteiger partial charge is 0.0542 e. The lowest BCUT2D eigenvalue weighted by atomic mass is 10.0. The summed E-state index contributed by atoms with van der Waals surface area (Å²) in [5.74, 6) is 0. The molecule has 0 aliphatic rings. The molecule has 8 rings (SSSR count). The largest absolute Gasteiger partial charge is 0.309 e. The lowest BCUT2D eigenvalue weighted by Crippen LogP contribution is -1.95. The van der Waals surface area contributed by atoms with Crippen molar-refractivity contribution in [2.75, 3.05) is 0 Å². The van der Waals surface area contributed by atoms with Crippen LogP contribution in [0.25, 0.3) is 72.2 Å². The molecule has 0 saturated heterocycles. The molecule has 0 spiro atoms. The molecule has 2 nitrogen and oxygen atoms in total. The van der Waals surface area contributed by atoms with Gasteiger partial charge in [0.15, 0.2) is 0 Å². The van der Waals surface area contributed by atoms with Crippen molar-refractivity contribution in [1.82, 2.24) is 9.13 Å². The Hall–Kier alpha value is -5.34. The van der Waals surface area contributed by atoms with Gasteiger partial charge in [0.05, 0.1) is 22.1 Å². The summed E-state index contributed by atoms with van der Waals surface area (Å²) in [6.07, 6.45) is 1.89. The number of aryl methyl sites for hydroxylation is 1. The highest BCUT2D eigenvalue weighted by Crippen LogP contribution is 2.38. The van der Waals surface area contributed by atoms with Crippen LogP contribution in [0.4, 0.5) is 0 Å². The van der Waals surface area contributed by atoms with E-state index in [9.17, 15) is 0 Å². The summed E-state index contributed by atoms with van der Waals surface area (Å²) < 4.78 is 4.79. The van der Waals surface area contributed by atoms with Gasteiger partial charge in [-0.15, -0.1) is 0 Å². The summed E-state index contributed by atoms with van der Waals surface area (Å²) in [7, 11) is 0. The van der Waals surface area contributed by atoms with E-state index in [1.165, 1.54) is 71.7 Å². The molecule has 6 aromatic carbocycles. The number of benzene rings is 6. The molecule has 0 bridgehead atoms. The SMILES string of the molecule is C=Cc1ccc(-c2ccc3c(c2)c2cc(-n4c5ccccc5c5ccccc54)ccc2n3-c2ccc(C)cc2)cc1. The Kier molecular flexibility index (Phi) is 5.23. The van der Waals surface area contributed by atoms with Gasteiger partial charge in [0, 0.05) is 32.9 Å². The van der Waals surface area contributed by atoms with Crippen LogP contribution in [0.2, 0.25) is 0 Å². The first-order valence-corrected chi connectivity index (χ1v) is 14.1. The number of para-hydroxylation sites is 2. The quantitative estimate of drug-likeness (QED) is 0.217. The third kappa shape index (κ3) is 3.65. The molecule has 2 aromatic heterocycles. The van der Waals surface area contributed by atoms with Crippen molar-refractivity contribution in [3.8, 4) is 22.5 Å². The number of hydrogen-bond acceptors (Lipinski definition) is 0. The van der Waals surface area contributed by atoms with Gasteiger partial charge in [-0.25, -0.2) is 0 Å². The molecule has 2 heterocycles. The minimum atomic E-state index is 1.13. The molecule has 0 N–H and O–H groups in total. The van der Waals surface area contributed by atoms with Crippen LogP contribution in [0.3, 0.4) is 0 Å². The third-order valence-corrected chi connectivity index (χ3v) is 8.36. The highest BCUT2D eigenvalue weighted by atomic mass is 15.0. The minimum Gasteiger partial charge on any atom is -0.309 e. The van der Waals surface area contributed by atoms with E-state index in [1.807, 2.05) is 6.08 Å². The Morgan fingerprint density at radius 2 is 0.976 bits per heavy atom. The molecule has 0 fully saturated rings. The van der Waals surface area contributed by atoms with Gasteiger partial charge in [-0.2, -0.15) is 0 Å². The number of hydrogen-bond donors (Lipinski definition) is 0. The number of aromatic nitrogens is 2. The summed E-state index contributed by atoms with van der Waals surface area (Å²) in [5, 5.41) is 5.03. The van der Waals surface area contributed by atoms with E-state index < -0.39 is 0 Å². The molecule has 0 aliphatic heterocycles. The summed E-state index contributed by atoms with van der Waals surface area (Å²) >= 11 is 0. The molecule has 0 aliphatic carbocycles. The number of rotatable bonds is 4. The standard InChI is InChI=1S/C39H28N2/c1-3-27-14-16-28(17-15-27)29-18-22-38-34(24-29)35-25-31(21-23-39(35)40(38)30-19-12-26(2)13-20-30)41-36-10-6-4-8-32(36)33-9-5-7-11-37(33)41/h3-25H,1H2,2H3. The second-order valence-electron chi connectivity index (χ2n) is 10.8. The maximum Gasteiger partial charge on any atom is 0.0542 e. The Labute approximate surface area is 239 Å². The molecule has 0 unspecified atom stereocenters. The normalized spacial score (nSPS) is 11.6. The Balaban J connectivity index is 1.43. The maximum atomic E-state index is 3.91. The predicted molar refractivity (Wildman–Crippen MR) is 175 cm³/mol. The van der Waals surface area contributed by atoms with Crippen molar-refractivity contribution in [2.24, 2.45) is 0 Å². The molecule has 8 aromatic rings. The van der Waals surface area contributed by atoms with E-state index in [-0.39, 0.29) is 0 Å². The lowest BCUT2D eigenvalue weighted by molar-refractivity contribution is 1.16. The summed E-state index contributed by atoms with van der Waals surface area (Å²) in [6.45, 7) is 6.04. The van der Waals surface area contributed by atoms with Crippen LogP contribution in [0, 0.1) is 6.92 Å². The van der Waals surface area contributed by atoms with Crippen LogP contribution in [0.5, 0.6) is 0 Å². The van der Waals surface area contributed by atoms with Crippen LogP contribution in [-0.4, -0.2) is 9.13 Å². The summed E-state index contributed by atoms with van der Waals surface area (Å²) in [5.41, 5.74) is 12.0. The highest BCUT2D eigenvalue weighted by molar-refractivity contribution is 6.13. The fraction of sp³-hybridized carbons (Fsp3) is 0.0256. The van der Waals surface area contributed by atoms with E-state index in [4.69, 9.17) is 0 Å². The molecular weight excluding hydrogens is 496 g/mol. The van der Waals surface area contributed by atoms with Crippen molar-refractivity contribution in [2.45, 2.75) is 6.92 Å². The van der Waals surface area contributed by atoms with E-state index in [1.54, 1.807) is 0 Å². The van der Waals surface area contributed by atoms with Crippen molar-refractivity contribution in [3.05, 3.63) is 151 Å². The van der Waals surface area contributed by atoms with Gasteiger partial charge < -0.3 is 9.13 Å². The van der Waals surface area contributed by atoms with Crippen molar-refractivity contribution < 1.29 is 0 Å². The molecule has 194 valence electrons. The Bertz CT molecular complexity index is 2210. The van der Waals surface area contributed by atoms with Crippen LogP contribution < -0.4 is 0 Å². The minimum absolute atomic E-state index is 1.13. The van der Waals surface area contributed by atoms with Gasteiger partial charge >= 0.3 is 0 Å². The lowest BCUT2D eigenvalue weighted by Gasteiger charge is -2.10. The summed E-state index contributed by atoms with van der Waals surface area (Å²) in [6, 6.07) is 48.6. The zero-order valence-corrected chi connectivity index (χ0v) is 22.9. The molecule has 41 heavy (non-hydrogen) atoms. The first kappa shape index (κ1) is 23.5. The summed E-state index contributed by atoms with van der Waals surface area (Å²) in [4.78, 5) is 0. The second kappa shape index (κ2) is 9.11. The average Bonchev–Trinajstić information content (AvgIpc) is 3.54. The van der Waals surface area contributed by atoms with Gasteiger partial charge in [0.25, 0.3) is 0 Å². The fourth-order valence-electron chi connectivity index (χ4n) is 6.31. The number of nitrogens with zero attached hydrogens (tertiary/aromatic N) is 2. The molecule has 0 radical (unpaired) electrons. The van der Waals surface area contributed by atoms with Crippen molar-refractivity contribution in [3.63, 3.8) is 0 Å². The molecule has 0 amide bonds. The van der Waals surface area contributed by atoms with Gasteiger partial charge in [-0.3, -0.25) is 0 Å². The van der Waals surface area contributed by atoms with Gasteiger partial charge in [-0.1, -0.05) is 97.1 Å². The number of fused-ring (bicyclic) bond motifs is 6. The molecular formula is C39H28N2. The highest BCUT2D eigenvalue weighted by Gasteiger charge is 2.17. The van der Waals surface area contributed by atoms with Gasteiger partial charge in [0.2, 0.25) is 0 Å². The van der Waals surface area contributed by atoms with Crippen LogP contribution >= 0.6 is 0 Å². The van der Waals surface area contributed by atoms with Gasteiger partial charge in [-0.05, 0) is 78.2 Å². The first-order valence-electron chi connectivity index (χ1n) is 14.1. The van der Waals surface area contributed by atoms with E-state index in [0.29, 0.717) is 0 Å². The molecule has 0 atom stereocenters. The van der Waals surface area contributed by atoms with Crippen molar-refractivity contribution >= 4 is 49.7 Å². The van der Waals surface area contributed by atoms with Crippen molar-refractivity contribution in [1.29, 1.82) is 0 Å². The van der Waals surface area contributed by atoms with E-state index in [0.717, 1.165) is 5.56 Å². The van der Waals surface area contributed by atoms with Crippen LogP contribution in [0.1, 0.15) is 11.1 Å². The van der Waals surface area contributed by atoms with Crippen LogP contribution in [0.15, 0.2) is 140 Å². The fourth-order valence-corrected chi connectivity index (χ4v) is 6.31. The molecule has 2 heteroatoms. The van der Waals surface area contributed by atoms with E-state index in [2.05, 4.69) is 156 Å². The monoisotopic (exact) mass is 524 g/mol.